The predicted molar refractivity (Wildman–Crippen MR) is 115 cm³/mol. The average molecular weight is 375 g/mol. The van der Waals surface area contributed by atoms with Crippen molar-refractivity contribution in [2.24, 2.45) is 10.5 Å². The van der Waals surface area contributed by atoms with Gasteiger partial charge in [-0.3, -0.25) is 4.74 Å². The first-order valence-corrected chi connectivity index (χ1v) is 9.95. The summed E-state index contributed by atoms with van der Waals surface area (Å²) in [4.78, 5) is 0. The Labute approximate surface area is 160 Å². The Morgan fingerprint density at radius 3 is 2.26 bits per heavy atom. The fourth-order valence-corrected chi connectivity index (χ4v) is 4.32. The second kappa shape index (κ2) is 7.51. The molecule has 4 nitrogen and oxygen atoms in total. The fraction of sp³-hybridized carbons (Fsp3) is 0.182. The van der Waals surface area contributed by atoms with Crippen LogP contribution in [0.5, 0.6) is 5.75 Å². The Balaban J connectivity index is 1.96. The molecule has 0 aliphatic rings. The maximum absolute atomic E-state index is 11.0. The summed E-state index contributed by atoms with van der Waals surface area (Å²) in [7, 11) is 0.775. The van der Waals surface area contributed by atoms with E-state index in [1.54, 1.807) is 0 Å². The van der Waals surface area contributed by atoms with Gasteiger partial charge in [0.25, 0.3) is 0 Å². The van der Waals surface area contributed by atoms with Crippen LogP contribution in [0.3, 0.4) is 0 Å². The lowest BCUT2D eigenvalue weighted by Gasteiger charge is -2.13. The second-order valence-electron chi connectivity index (χ2n) is 6.63. The van der Waals surface area contributed by atoms with Gasteiger partial charge in [-0.1, -0.05) is 36.4 Å². The van der Waals surface area contributed by atoms with E-state index in [0.717, 1.165) is 42.4 Å². The van der Waals surface area contributed by atoms with E-state index < -0.39 is 0 Å². The number of phenolic OH excluding ortho intramolecular Hbond substituents is 1. The minimum absolute atomic E-state index is 0.283. The van der Waals surface area contributed by atoms with Crippen LogP contribution in [0.2, 0.25) is 0 Å². The van der Waals surface area contributed by atoms with Crippen LogP contribution in [0.1, 0.15) is 12.0 Å². The molecule has 0 radical (unpaired) electrons. The number of phenols is 1. The Kier molecular flexibility index (Phi) is 4.93. The van der Waals surface area contributed by atoms with Crippen molar-refractivity contribution in [1.29, 1.82) is 0 Å². The molecule has 1 aromatic heterocycles. The number of aromatic hydroxyl groups is 1. The molecule has 5 heteroatoms. The molecule has 0 aliphatic carbocycles. The third kappa shape index (κ3) is 3.23. The van der Waals surface area contributed by atoms with Gasteiger partial charge in [0.05, 0.1) is 22.0 Å². The fourth-order valence-electron chi connectivity index (χ4n) is 3.46. The van der Waals surface area contributed by atoms with Gasteiger partial charge in [0.1, 0.15) is 0 Å². The zero-order valence-electron chi connectivity index (χ0n) is 15.3. The first-order chi connectivity index (χ1) is 13.2. The molecule has 0 amide bonds. The largest absolute Gasteiger partial charge is 0.505 e. The van der Waals surface area contributed by atoms with E-state index in [-0.39, 0.29) is 5.75 Å². The molecule has 3 N–H and O–H groups in total. The standard InChI is InChI=1S/C22H22N3OP/c1-15-13-20(22(26)21(14-15)27-24-12-6-11-23)25-18-9-4-2-7-16(18)17-8-3-5-10-19(17)25/h2-5,7-10,13-14,26H,6,11-12,23H2,1H3. The third-order valence-corrected chi connectivity index (χ3v) is 5.57. The predicted octanol–water partition coefficient (Wildman–Crippen LogP) is 4.90. The Morgan fingerprint density at radius 2 is 1.63 bits per heavy atom. The van der Waals surface area contributed by atoms with Crippen LogP contribution in [0.25, 0.3) is 27.5 Å². The van der Waals surface area contributed by atoms with Gasteiger partial charge in [0.2, 0.25) is 0 Å². The highest BCUT2D eigenvalue weighted by Gasteiger charge is 2.16. The van der Waals surface area contributed by atoms with Crippen LogP contribution < -0.4 is 11.0 Å². The molecule has 3 aromatic carbocycles. The monoisotopic (exact) mass is 375 g/mol. The summed E-state index contributed by atoms with van der Waals surface area (Å²) in [5.74, 6) is 0.283. The topological polar surface area (TPSA) is 63.5 Å². The van der Waals surface area contributed by atoms with Crippen molar-refractivity contribution in [2.75, 3.05) is 13.1 Å². The molecule has 0 spiro atoms. The minimum atomic E-state index is 0.283. The van der Waals surface area contributed by atoms with Gasteiger partial charge in [-0.2, -0.15) is 0 Å². The van der Waals surface area contributed by atoms with Crippen LogP contribution in [-0.4, -0.2) is 22.8 Å². The molecule has 0 saturated carbocycles. The molecule has 27 heavy (non-hydrogen) atoms. The molecule has 0 aliphatic heterocycles. The number of nitrogens with two attached hydrogens (primary N) is 1. The number of hydrogen-bond acceptors (Lipinski definition) is 3. The van der Waals surface area contributed by atoms with E-state index in [0.29, 0.717) is 13.1 Å². The Morgan fingerprint density at radius 1 is 1.00 bits per heavy atom. The number of aryl methyl sites for hydroxylation is 1. The van der Waals surface area contributed by atoms with Crippen molar-refractivity contribution in [2.45, 2.75) is 13.3 Å². The van der Waals surface area contributed by atoms with E-state index in [4.69, 9.17) is 5.73 Å². The zero-order valence-corrected chi connectivity index (χ0v) is 16.2. The molecule has 0 atom stereocenters. The quantitative estimate of drug-likeness (QED) is 0.385. The summed E-state index contributed by atoms with van der Waals surface area (Å²) >= 11 is 0. The van der Waals surface area contributed by atoms with Crippen LogP contribution in [0.4, 0.5) is 0 Å². The van der Waals surface area contributed by atoms with E-state index in [2.05, 4.69) is 52.6 Å². The highest BCUT2D eigenvalue weighted by atomic mass is 31.1. The highest BCUT2D eigenvalue weighted by molar-refractivity contribution is 7.37. The van der Waals surface area contributed by atoms with Gasteiger partial charge in [0.15, 0.2) is 5.75 Å². The number of aromatic nitrogens is 1. The third-order valence-electron chi connectivity index (χ3n) is 4.68. The molecule has 0 unspecified atom stereocenters. The molecule has 1 heterocycles. The van der Waals surface area contributed by atoms with E-state index in [9.17, 15) is 5.11 Å². The summed E-state index contributed by atoms with van der Waals surface area (Å²) in [5.41, 5.74) is 9.60. The summed E-state index contributed by atoms with van der Waals surface area (Å²) in [6.07, 6.45) is 0.860. The number of para-hydroxylation sites is 2. The van der Waals surface area contributed by atoms with Gasteiger partial charge in [-0.25, -0.2) is 0 Å². The van der Waals surface area contributed by atoms with Gasteiger partial charge in [-0.05, 0) is 49.7 Å². The summed E-state index contributed by atoms with van der Waals surface area (Å²) in [6, 6.07) is 20.7. The SMILES string of the molecule is Cc1cc(P=NCCCN)c(O)c(-n2c3ccccc3c3ccccc32)c1. The van der Waals surface area contributed by atoms with Crippen LogP contribution in [0, 0.1) is 6.92 Å². The van der Waals surface area contributed by atoms with Crippen molar-refractivity contribution < 1.29 is 5.11 Å². The lowest BCUT2D eigenvalue weighted by Crippen LogP contribution is -2.03. The summed E-state index contributed by atoms with van der Waals surface area (Å²) < 4.78 is 6.65. The second-order valence-corrected chi connectivity index (χ2v) is 7.59. The van der Waals surface area contributed by atoms with Gasteiger partial charge in [0, 0.05) is 25.7 Å². The van der Waals surface area contributed by atoms with Crippen molar-refractivity contribution in [3.05, 3.63) is 66.2 Å². The lowest BCUT2D eigenvalue weighted by atomic mass is 10.2. The van der Waals surface area contributed by atoms with Crippen molar-refractivity contribution >= 4 is 35.5 Å². The first-order valence-electron chi connectivity index (χ1n) is 9.10. The molecule has 4 aromatic rings. The Hall–Kier alpha value is -2.68. The highest BCUT2D eigenvalue weighted by Crippen LogP contribution is 2.35. The van der Waals surface area contributed by atoms with E-state index in [1.807, 2.05) is 24.3 Å². The first kappa shape index (κ1) is 17.7. The molecule has 4 rings (SSSR count). The molecular weight excluding hydrogens is 353 g/mol. The van der Waals surface area contributed by atoms with Crippen molar-refractivity contribution in [3.63, 3.8) is 0 Å². The normalized spacial score (nSPS) is 11.8. The van der Waals surface area contributed by atoms with E-state index in [1.165, 1.54) is 10.8 Å². The Bertz CT molecular complexity index is 1090. The maximum Gasteiger partial charge on any atom is 0.152 e. The van der Waals surface area contributed by atoms with Gasteiger partial charge < -0.3 is 15.4 Å². The van der Waals surface area contributed by atoms with E-state index >= 15 is 0 Å². The number of rotatable bonds is 5. The summed E-state index contributed by atoms with van der Waals surface area (Å²) in [6.45, 7) is 3.39. The average Bonchev–Trinajstić information content (AvgIpc) is 3.02. The number of hydrogen-bond donors (Lipinski definition) is 2. The van der Waals surface area contributed by atoms with Crippen molar-refractivity contribution in [1.82, 2.24) is 4.57 Å². The molecule has 0 bridgehead atoms. The molecule has 0 saturated heterocycles. The maximum atomic E-state index is 11.0. The van der Waals surface area contributed by atoms with Crippen LogP contribution >= 0.6 is 8.37 Å². The van der Waals surface area contributed by atoms with Crippen LogP contribution in [-0.2, 0) is 0 Å². The van der Waals surface area contributed by atoms with Gasteiger partial charge >= 0.3 is 0 Å². The minimum Gasteiger partial charge on any atom is -0.505 e. The summed E-state index contributed by atoms with van der Waals surface area (Å²) in [5, 5.41) is 14.2. The smallest absolute Gasteiger partial charge is 0.152 e. The number of benzene rings is 3. The number of fused-ring (bicyclic) bond motifs is 3. The molecule has 0 fully saturated rings. The number of nitrogens with zero attached hydrogens (tertiary/aromatic N) is 2. The zero-order chi connectivity index (χ0) is 18.8. The molecule has 136 valence electrons. The molecular formula is C22H22N3OP. The van der Waals surface area contributed by atoms with Crippen molar-refractivity contribution in [3.8, 4) is 11.4 Å². The van der Waals surface area contributed by atoms with Gasteiger partial charge in [-0.15, -0.1) is 0 Å². The lowest BCUT2D eigenvalue weighted by molar-refractivity contribution is 0.477. The van der Waals surface area contributed by atoms with Crippen LogP contribution in [0.15, 0.2) is 65.4 Å².